The number of rotatable bonds is 5. The number of hydrogen-bond acceptors (Lipinski definition) is 3. The van der Waals surface area contributed by atoms with Gasteiger partial charge in [0, 0.05) is 12.3 Å². The molecule has 1 aliphatic carbocycles. The summed E-state index contributed by atoms with van der Waals surface area (Å²) >= 11 is 2.36. The van der Waals surface area contributed by atoms with Gasteiger partial charge in [-0.2, -0.15) is 0 Å². The van der Waals surface area contributed by atoms with Crippen LogP contribution < -0.4 is 4.74 Å². The van der Waals surface area contributed by atoms with Gasteiger partial charge in [-0.15, -0.1) is 0 Å². The monoisotopic (exact) mass is 460 g/mol. The maximum Gasteiger partial charge on any atom is 0.338 e. The molecule has 0 heterocycles. The van der Waals surface area contributed by atoms with Crippen LogP contribution in [0, 0.1) is 5.92 Å². The zero-order valence-electron chi connectivity index (χ0n) is 14.9. The van der Waals surface area contributed by atoms with Crippen LogP contribution in [0.5, 0.6) is 5.75 Å². The van der Waals surface area contributed by atoms with Crippen molar-refractivity contribution in [2.45, 2.75) is 19.4 Å². The van der Waals surface area contributed by atoms with Crippen LogP contribution in [0.15, 0.2) is 70.3 Å². The smallest absolute Gasteiger partial charge is 0.338 e. The van der Waals surface area contributed by atoms with E-state index in [1.807, 2.05) is 49.4 Å². The molecule has 2 atom stereocenters. The van der Waals surface area contributed by atoms with Gasteiger partial charge in [-0.3, -0.25) is 0 Å². The predicted molar refractivity (Wildman–Crippen MR) is 113 cm³/mol. The minimum Gasteiger partial charge on any atom is -0.497 e. The van der Waals surface area contributed by atoms with Gasteiger partial charge < -0.3 is 9.47 Å². The van der Waals surface area contributed by atoms with Gasteiger partial charge in [0.1, 0.15) is 11.9 Å². The van der Waals surface area contributed by atoms with Crippen molar-refractivity contribution in [3.63, 3.8) is 0 Å². The lowest BCUT2D eigenvalue weighted by Gasteiger charge is -2.23. The first-order valence-corrected chi connectivity index (χ1v) is 9.53. The number of esters is 1. The fraction of sp³-hybridized carbons (Fsp3) is 0.227. The van der Waals surface area contributed by atoms with Crippen molar-refractivity contribution in [2.24, 2.45) is 5.92 Å². The molecular weight excluding hydrogens is 439 g/mol. The second-order valence-electron chi connectivity index (χ2n) is 6.39. The van der Waals surface area contributed by atoms with Crippen LogP contribution in [-0.2, 0) is 4.74 Å². The number of carbonyl (C=O) groups is 1. The lowest BCUT2D eigenvalue weighted by molar-refractivity contribution is 0.0269. The fourth-order valence-corrected chi connectivity index (χ4v) is 4.40. The Labute approximate surface area is 167 Å². The molecule has 0 radical (unpaired) electrons. The Hall–Kier alpha value is -2.08. The van der Waals surface area contributed by atoms with Crippen molar-refractivity contribution in [3.05, 3.63) is 81.5 Å². The van der Waals surface area contributed by atoms with E-state index in [4.69, 9.17) is 9.47 Å². The third kappa shape index (κ3) is 3.85. The first-order valence-electron chi connectivity index (χ1n) is 8.45. The predicted octanol–water partition coefficient (Wildman–Crippen LogP) is 5.66. The molecule has 0 fully saturated rings. The number of ether oxygens (including phenoxy) is 2. The van der Waals surface area contributed by atoms with Crippen molar-refractivity contribution in [1.29, 1.82) is 0 Å². The second-order valence-corrected chi connectivity index (χ2v) is 7.69. The molecule has 0 aromatic heterocycles. The van der Waals surface area contributed by atoms with Gasteiger partial charge >= 0.3 is 5.97 Å². The Morgan fingerprint density at radius 1 is 1.12 bits per heavy atom. The van der Waals surface area contributed by atoms with Crippen molar-refractivity contribution in [3.8, 4) is 5.75 Å². The summed E-state index contributed by atoms with van der Waals surface area (Å²) in [6.07, 6.45) is 0.474. The summed E-state index contributed by atoms with van der Waals surface area (Å²) in [4.78, 5) is 12.5. The quantitative estimate of drug-likeness (QED) is 0.328. The molecule has 0 amide bonds. The second kappa shape index (κ2) is 8.08. The molecule has 1 aliphatic rings. The topological polar surface area (TPSA) is 35.5 Å². The average Bonchev–Trinajstić information content (AvgIpc) is 2.98. The number of benzene rings is 2. The van der Waals surface area contributed by atoms with E-state index in [1.54, 1.807) is 19.2 Å². The van der Waals surface area contributed by atoms with Crippen LogP contribution in [0.4, 0.5) is 0 Å². The van der Waals surface area contributed by atoms with E-state index in [0.29, 0.717) is 12.0 Å². The normalized spacial score (nSPS) is 19.3. The standard InChI is InChI=1S/C22H21IO3/c1-14(2)20-19(26-22(24)16-7-5-4-6-8-16)13-18(23)21(20)15-9-11-17(25-3)12-10-15/h4-12,19-20H,1,13H2,2-3H3/t19-,20+/m1/s1. The van der Waals surface area contributed by atoms with E-state index >= 15 is 0 Å². The van der Waals surface area contributed by atoms with Crippen LogP contribution >= 0.6 is 22.6 Å². The first-order chi connectivity index (χ1) is 12.5. The molecule has 134 valence electrons. The molecule has 0 bridgehead atoms. The number of hydrogen-bond donors (Lipinski definition) is 0. The minimum absolute atomic E-state index is 0.0112. The van der Waals surface area contributed by atoms with Crippen molar-refractivity contribution >= 4 is 34.1 Å². The molecule has 0 saturated heterocycles. The zero-order valence-corrected chi connectivity index (χ0v) is 17.0. The molecule has 0 aliphatic heterocycles. The Morgan fingerprint density at radius 2 is 1.77 bits per heavy atom. The van der Waals surface area contributed by atoms with E-state index in [1.165, 1.54) is 9.15 Å². The fourth-order valence-electron chi connectivity index (χ4n) is 3.32. The maximum atomic E-state index is 12.5. The van der Waals surface area contributed by atoms with Gasteiger partial charge in [0.2, 0.25) is 0 Å². The number of halogens is 1. The highest BCUT2D eigenvalue weighted by Gasteiger charge is 2.37. The van der Waals surface area contributed by atoms with Gasteiger partial charge in [-0.25, -0.2) is 4.79 Å². The molecular formula is C22H21IO3. The van der Waals surface area contributed by atoms with Crippen LogP contribution in [0.3, 0.4) is 0 Å². The van der Waals surface area contributed by atoms with Gasteiger partial charge in [0.15, 0.2) is 0 Å². The van der Waals surface area contributed by atoms with Crippen molar-refractivity contribution < 1.29 is 14.3 Å². The summed E-state index contributed by atoms with van der Waals surface area (Å²) in [6, 6.07) is 17.1. The Balaban J connectivity index is 1.86. The van der Waals surface area contributed by atoms with Crippen molar-refractivity contribution in [1.82, 2.24) is 0 Å². The SMILES string of the molecule is C=C(C)[C@@H]1C(c2ccc(OC)cc2)=C(I)C[C@H]1OC(=O)c1ccccc1. The summed E-state index contributed by atoms with van der Waals surface area (Å²) in [5.41, 5.74) is 3.86. The molecule has 3 nitrogen and oxygen atoms in total. The summed E-state index contributed by atoms with van der Waals surface area (Å²) in [7, 11) is 1.66. The van der Waals surface area contributed by atoms with Crippen LogP contribution in [0.1, 0.15) is 29.3 Å². The first kappa shape index (κ1) is 18.7. The summed E-state index contributed by atoms with van der Waals surface area (Å²) < 4.78 is 12.3. The Morgan fingerprint density at radius 3 is 2.35 bits per heavy atom. The number of methoxy groups -OCH3 is 1. The van der Waals surface area contributed by atoms with E-state index in [9.17, 15) is 4.79 Å². The van der Waals surface area contributed by atoms with E-state index in [0.717, 1.165) is 16.9 Å². The summed E-state index contributed by atoms with van der Waals surface area (Å²) in [6.45, 7) is 6.15. The molecule has 0 N–H and O–H groups in total. The van der Waals surface area contributed by atoms with E-state index in [-0.39, 0.29) is 18.0 Å². The van der Waals surface area contributed by atoms with Crippen LogP contribution in [0.2, 0.25) is 0 Å². The van der Waals surface area contributed by atoms with Gasteiger partial charge in [-0.1, -0.05) is 42.5 Å². The average molecular weight is 460 g/mol. The highest BCUT2D eigenvalue weighted by molar-refractivity contribution is 14.1. The van der Waals surface area contributed by atoms with Gasteiger partial charge in [-0.05, 0) is 68.5 Å². The summed E-state index contributed by atoms with van der Waals surface area (Å²) in [5, 5.41) is 0. The third-order valence-electron chi connectivity index (χ3n) is 4.56. The molecule has 2 aromatic carbocycles. The molecule has 0 saturated carbocycles. The largest absolute Gasteiger partial charge is 0.497 e. The maximum absolute atomic E-state index is 12.5. The lowest BCUT2D eigenvalue weighted by Crippen LogP contribution is -2.24. The van der Waals surface area contributed by atoms with Gasteiger partial charge in [0.05, 0.1) is 12.7 Å². The molecule has 3 rings (SSSR count). The minimum atomic E-state index is -0.290. The van der Waals surface area contributed by atoms with Crippen LogP contribution in [0.25, 0.3) is 5.57 Å². The highest BCUT2D eigenvalue weighted by Crippen LogP contribution is 2.46. The molecule has 0 spiro atoms. The van der Waals surface area contributed by atoms with E-state index < -0.39 is 0 Å². The Kier molecular flexibility index (Phi) is 5.81. The summed E-state index contributed by atoms with van der Waals surface area (Å²) in [5.74, 6) is 0.520. The molecule has 4 heteroatoms. The van der Waals surface area contributed by atoms with E-state index in [2.05, 4.69) is 29.2 Å². The van der Waals surface area contributed by atoms with Crippen molar-refractivity contribution in [2.75, 3.05) is 7.11 Å². The molecule has 0 unspecified atom stereocenters. The third-order valence-corrected chi connectivity index (χ3v) is 5.58. The number of carbonyl (C=O) groups excluding carboxylic acids is 1. The molecule has 26 heavy (non-hydrogen) atoms. The molecule has 2 aromatic rings. The van der Waals surface area contributed by atoms with Crippen LogP contribution in [-0.4, -0.2) is 19.2 Å². The Bertz CT molecular complexity index is 837. The zero-order chi connectivity index (χ0) is 18.7. The lowest BCUT2D eigenvalue weighted by atomic mass is 9.88. The van der Waals surface area contributed by atoms with Gasteiger partial charge in [0.25, 0.3) is 0 Å². The highest BCUT2D eigenvalue weighted by atomic mass is 127.